The van der Waals surface area contributed by atoms with Gasteiger partial charge in [0.1, 0.15) is 24.0 Å². The number of benzene rings is 2. The number of allylic oxidation sites excluding steroid dienone is 6. The molecule has 0 spiro atoms. The SMILES string of the molecule is CCC1=C(C#N)C=C2/C(=C(/C#N)c3cc(F)c(F)cc3F)c3cc(C#N)c(C#N)cc3C2C1. The summed E-state index contributed by atoms with van der Waals surface area (Å²) in [5.41, 5.74) is 2.73. The third kappa shape index (κ3) is 3.28. The first-order valence-electron chi connectivity index (χ1n) is 10.00. The van der Waals surface area contributed by atoms with Crippen molar-refractivity contribution in [2.24, 2.45) is 0 Å². The van der Waals surface area contributed by atoms with Gasteiger partial charge in [0.2, 0.25) is 0 Å². The summed E-state index contributed by atoms with van der Waals surface area (Å²) in [7, 11) is 0. The van der Waals surface area contributed by atoms with Crippen LogP contribution in [0.1, 0.15) is 53.5 Å². The number of hydrogen-bond acceptors (Lipinski definition) is 4. The van der Waals surface area contributed by atoms with Crippen molar-refractivity contribution in [1.29, 1.82) is 21.0 Å². The van der Waals surface area contributed by atoms with Crippen molar-refractivity contribution in [1.82, 2.24) is 0 Å². The van der Waals surface area contributed by atoms with Crippen LogP contribution in [0.25, 0.3) is 11.1 Å². The summed E-state index contributed by atoms with van der Waals surface area (Å²) in [6.45, 7) is 1.91. The monoisotopic (exact) mass is 438 g/mol. The Morgan fingerprint density at radius 2 is 1.58 bits per heavy atom. The summed E-state index contributed by atoms with van der Waals surface area (Å²) >= 11 is 0. The van der Waals surface area contributed by atoms with Gasteiger partial charge >= 0.3 is 0 Å². The molecule has 4 rings (SSSR count). The highest BCUT2D eigenvalue weighted by molar-refractivity contribution is 6.08. The van der Waals surface area contributed by atoms with Gasteiger partial charge in [-0.05, 0) is 53.8 Å². The number of halogens is 3. The van der Waals surface area contributed by atoms with Crippen molar-refractivity contribution in [3.8, 4) is 24.3 Å². The maximum absolute atomic E-state index is 14.7. The van der Waals surface area contributed by atoms with Crippen LogP contribution in [0.4, 0.5) is 13.2 Å². The molecule has 0 amide bonds. The molecule has 1 unspecified atom stereocenters. The molecule has 0 saturated carbocycles. The molecule has 0 bridgehead atoms. The van der Waals surface area contributed by atoms with Gasteiger partial charge in [0.15, 0.2) is 11.6 Å². The zero-order valence-corrected chi connectivity index (χ0v) is 17.3. The van der Waals surface area contributed by atoms with Gasteiger partial charge in [0.25, 0.3) is 0 Å². The van der Waals surface area contributed by atoms with Gasteiger partial charge in [-0.25, -0.2) is 13.2 Å². The number of fused-ring (bicyclic) bond motifs is 3. The first-order chi connectivity index (χ1) is 15.9. The van der Waals surface area contributed by atoms with Crippen LogP contribution in [-0.2, 0) is 0 Å². The lowest BCUT2D eigenvalue weighted by molar-refractivity contribution is 0.494. The van der Waals surface area contributed by atoms with Crippen LogP contribution in [0.15, 0.2) is 47.1 Å². The molecule has 158 valence electrons. The Hall–Kier alpha value is -4.59. The lowest BCUT2D eigenvalue weighted by Gasteiger charge is -2.22. The Morgan fingerprint density at radius 1 is 0.909 bits per heavy atom. The van der Waals surface area contributed by atoms with Gasteiger partial charge < -0.3 is 0 Å². The summed E-state index contributed by atoms with van der Waals surface area (Å²) in [5.74, 6) is -4.14. The van der Waals surface area contributed by atoms with E-state index in [-0.39, 0.29) is 28.2 Å². The van der Waals surface area contributed by atoms with Gasteiger partial charge in [-0.1, -0.05) is 12.5 Å². The van der Waals surface area contributed by atoms with E-state index < -0.39 is 23.0 Å². The quantitative estimate of drug-likeness (QED) is 0.428. The Bertz CT molecular complexity index is 1500. The fourth-order valence-corrected chi connectivity index (χ4v) is 4.50. The topological polar surface area (TPSA) is 95.2 Å². The number of nitriles is 4. The van der Waals surface area contributed by atoms with Gasteiger partial charge in [0.05, 0.1) is 28.3 Å². The molecule has 2 aliphatic rings. The molecule has 4 nitrogen and oxygen atoms in total. The zero-order chi connectivity index (χ0) is 23.9. The minimum Gasteiger partial charge on any atom is -0.206 e. The molecule has 0 aromatic heterocycles. The molecule has 2 aliphatic carbocycles. The van der Waals surface area contributed by atoms with Crippen molar-refractivity contribution >= 4 is 11.1 Å². The first-order valence-corrected chi connectivity index (χ1v) is 10.00. The van der Waals surface area contributed by atoms with Crippen molar-refractivity contribution in [3.05, 3.63) is 92.3 Å². The molecule has 33 heavy (non-hydrogen) atoms. The van der Waals surface area contributed by atoms with Gasteiger partial charge in [-0.15, -0.1) is 0 Å². The molecule has 0 heterocycles. The highest BCUT2D eigenvalue weighted by Gasteiger charge is 2.38. The van der Waals surface area contributed by atoms with Crippen LogP contribution >= 0.6 is 0 Å². The third-order valence-electron chi connectivity index (χ3n) is 6.06. The highest BCUT2D eigenvalue weighted by atomic mass is 19.2. The molecule has 2 aromatic rings. The Kier molecular flexibility index (Phi) is 5.35. The fraction of sp³-hybridized carbons (Fsp3) is 0.154. The zero-order valence-electron chi connectivity index (χ0n) is 17.3. The molecule has 0 aliphatic heterocycles. The summed E-state index contributed by atoms with van der Waals surface area (Å²) in [4.78, 5) is 0. The van der Waals surface area contributed by atoms with E-state index in [0.717, 1.165) is 5.57 Å². The molecule has 0 saturated heterocycles. The van der Waals surface area contributed by atoms with Crippen molar-refractivity contribution in [2.45, 2.75) is 25.7 Å². The lowest BCUT2D eigenvalue weighted by atomic mass is 9.80. The second-order valence-corrected chi connectivity index (χ2v) is 7.66. The average Bonchev–Trinajstić information content (AvgIpc) is 3.12. The molecule has 0 fully saturated rings. The molecule has 0 N–H and O–H groups in total. The summed E-state index contributed by atoms with van der Waals surface area (Å²) in [6.07, 6.45) is 2.68. The summed E-state index contributed by atoms with van der Waals surface area (Å²) in [6, 6.07) is 12.0. The number of rotatable bonds is 2. The normalized spacial score (nSPS) is 17.7. The maximum Gasteiger partial charge on any atom is 0.161 e. The van der Waals surface area contributed by atoms with Crippen LogP contribution in [0, 0.1) is 62.8 Å². The predicted molar refractivity (Wildman–Crippen MR) is 113 cm³/mol. The molecule has 7 heteroatoms. The number of nitrogens with zero attached hydrogens (tertiary/aromatic N) is 4. The van der Waals surface area contributed by atoms with Crippen LogP contribution < -0.4 is 0 Å². The summed E-state index contributed by atoms with van der Waals surface area (Å²) in [5, 5.41) is 38.6. The lowest BCUT2D eigenvalue weighted by Crippen LogP contribution is -2.06. The Morgan fingerprint density at radius 3 is 2.18 bits per heavy atom. The van der Waals surface area contributed by atoms with Gasteiger partial charge in [-0.3, -0.25) is 0 Å². The van der Waals surface area contributed by atoms with Crippen LogP contribution in [0.5, 0.6) is 0 Å². The molecular formula is C26H13F3N4. The Labute approximate surface area is 188 Å². The summed E-state index contributed by atoms with van der Waals surface area (Å²) < 4.78 is 42.2. The van der Waals surface area contributed by atoms with Crippen molar-refractivity contribution in [2.75, 3.05) is 0 Å². The predicted octanol–water partition coefficient (Wildman–Crippen LogP) is 5.94. The van der Waals surface area contributed by atoms with Crippen LogP contribution in [0.3, 0.4) is 0 Å². The van der Waals surface area contributed by atoms with E-state index in [1.807, 2.05) is 25.1 Å². The Balaban J connectivity index is 2.14. The molecule has 1 atom stereocenters. The maximum atomic E-state index is 14.7. The van der Waals surface area contributed by atoms with Crippen LogP contribution in [-0.4, -0.2) is 0 Å². The van der Waals surface area contributed by atoms with Gasteiger partial charge in [-0.2, -0.15) is 21.0 Å². The van der Waals surface area contributed by atoms with E-state index in [1.54, 1.807) is 12.1 Å². The van der Waals surface area contributed by atoms with E-state index >= 15 is 0 Å². The fourth-order valence-electron chi connectivity index (χ4n) is 4.50. The average molecular weight is 438 g/mol. The molecule has 0 radical (unpaired) electrons. The van der Waals surface area contributed by atoms with E-state index in [1.165, 1.54) is 6.07 Å². The second kappa shape index (κ2) is 8.16. The molecule has 2 aromatic carbocycles. The largest absolute Gasteiger partial charge is 0.206 e. The smallest absolute Gasteiger partial charge is 0.161 e. The van der Waals surface area contributed by atoms with Crippen LogP contribution in [0.2, 0.25) is 0 Å². The van der Waals surface area contributed by atoms with E-state index in [0.29, 0.717) is 47.2 Å². The minimum absolute atomic E-state index is 0.0697. The number of hydrogen-bond donors (Lipinski definition) is 0. The van der Waals surface area contributed by atoms with E-state index in [2.05, 4.69) is 6.07 Å². The van der Waals surface area contributed by atoms with E-state index in [9.17, 15) is 34.2 Å². The first kappa shape index (κ1) is 21.6. The minimum atomic E-state index is -1.38. The molecular weight excluding hydrogens is 425 g/mol. The van der Waals surface area contributed by atoms with Gasteiger partial charge in [0, 0.05) is 23.1 Å². The van der Waals surface area contributed by atoms with Crippen molar-refractivity contribution in [3.63, 3.8) is 0 Å². The van der Waals surface area contributed by atoms with E-state index in [4.69, 9.17) is 0 Å². The third-order valence-corrected chi connectivity index (χ3v) is 6.06. The van der Waals surface area contributed by atoms with Crippen molar-refractivity contribution < 1.29 is 13.2 Å². The second-order valence-electron chi connectivity index (χ2n) is 7.66. The highest BCUT2D eigenvalue weighted by Crippen LogP contribution is 2.54. The standard InChI is InChI=1S/C26H13F3N4/c1-2-13-3-17-18-4-15(10-31)16(11-32)6-21(18)26(20(17)5-14(13)9-30)22(12-33)19-7-24(28)25(29)8-23(19)27/h4-8,17H,2-3H2,1H3/b26-22+.